The molecule has 0 aliphatic heterocycles. The van der Waals surface area contributed by atoms with E-state index < -0.39 is 35.6 Å². The Morgan fingerprint density at radius 3 is 2.77 bits per heavy atom. The van der Waals surface area contributed by atoms with Gasteiger partial charge in [-0.2, -0.15) is 0 Å². The van der Waals surface area contributed by atoms with Crippen molar-refractivity contribution in [2.75, 3.05) is 13.2 Å². The van der Waals surface area contributed by atoms with Gasteiger partial charge in [-0.05, 0) is 61.3 Å². The average Bonchev–Trinajstić information content (AvgIpc) is 2.93. The summed E-state index contributed by atoms with van der Waals surface area (Å²) in [6.07, 6.45) is 5.55. The number of hydrogen-bond donors (Lipinski definition) is 3. The summed E-state index contributed by atoms with van der Waals surface area (Å²) in [5.41, 5.74) is -1.83. The predicted octanol–water partition coefficient (Wildman–Crippen LogP) is 1.96. The number of aliphatic hydroxyl groups is 3. The fourth-order valence-corrected chi connectivity index (χ4v) is 7.67. The molecule has 4 rings (SSSR count). The van der Waals surface area contributed by atoms with Gasteiger partial charge in [-0.25, -0.2) is 0 Å². The molecule has 6 heteroatoms. The SMILES string of the molecule is C=CCO[C@@H]1C[C@H]2[C@@H]3CCC4=CC(=O)CC[C@]4(C)[C@H]3[C@@H](O)C[C@]2(C)[C@@]1(O)C(=O)CO. The highest BCUT2D eigenvalue weighted by molar-refractivity contribution is 5.92. The summed E-state index contributed by atoms with van der Waals surface area (Å²) in [6, 6.07) is 0. The summed E-state index contributed by atoms with van der Waals surface area (Å²) in [7, 11) is 0. The van der Waals surface area contributed by atoms with Gasteiger partial charge in [0.2, 0.25) is 0 Å². The Morgan fingerprint density at radius 1 is 1.37 bits per heavy atom. The number of carbonyl (C=O) groups is 2. The number of hydrogen-bond acceptors (Lipinski definition) is 6. The lowest BCUT2D eigenvalue weighted by molar-refractivity contribution is -0.196. The normalized spacial score (nSPS) is 47.7. The highest BCUT2D eigenvalue weighted by atomic mass is 16.5. The lowest BCUT2D eigenvalue weighted by Gasteiger charge is -2.60. The van der Waals surface area contributed by atoms with E-state index in [1.807, 2.05) is 6.92 Å². The van der Waals surface area contributed by atoms with Crippen LogP contribution in [0.4, 0.5) is 0 Å². The number of aliphatic hydroxyl groups excluding tert-OH is 2. The largest absolute Gasteiger partial charge is 0.393 e. The average molecular weight is 419 g/mol. The number of ketones is 2. The Hall–Kier alpha value is -1.34. The minimum absolute atomic E-state index is 0.0165. The van der Waals surface area contributed by atoms with Crippen molar-refractivity contribution in [3.05, 3.63) is 24.3 Å². The summed E-state index contributed by atoms with van der Waals surface area (Å²) >= 11 is 0. The van der Waals surface area contributed by atoms with E-state index in [-0.39, 0.29) is 42.0 Å². The minimum Gasteiger partial charge on any atom is -0.393 e. The third kappa shape index (κ3) is 2.77. The molecule has 0 bridgehead atoms. The Morgan fingerprint density at radius 2 is 2.10 bits per heavy atom. The van der Waals surface area contributed by atoms with Gasteiger partial charge in [-0.1, -0.05) is 25.5 Å². The van der Waals surface area contributed by atoms with Gasteiger partial charge in [0.25, 0.3) is 0 Å². The second kappa shape index (κ2) is 7.37. The minimum atomic E-state index is -1.85. The van der Waals surface area contributed by atoms with E-state index in [2.05, 4.69) is 13.5 Å². The predicted molar refractivity (Wildman–Crippen MR) is 110 cm³/mol. The first-order valence-corrected chi connectivity index (χ1v) is 11.1. The summed E-state index contributed by atoms with van der Waals surface area (Å²) in [4.78, 5) is 24.8. The van der Waals surface area contributed by atoms with Crippen LogP contribution in [0, 0.1) is 28.6 Å². The van der Waals surface area contributed by atoms with Crippen LogP contribution >= 0.6 is 0 Å². The highest BCUT2D eigenvalue weighted by Crippen LogP contribution is 2.68. The van der Waals surface area contributed by atoms with E-state index in [0.29, 0.717) is 12.8 Å². The van der Waals surface area contributed by atoms with Gasteiger partial charge < -0.3 is 20.1 Å². The van der Waals surface area contributed by atoms with Gasteiger partial charge in [-0.3, -0.25) is 9.59 Å². The number of allylic oxidation sites excluding steroid dienone is 1. The Balaban J connectivity index is 1.76. The van der Waals surface area contributed by atoms with Crippen LogP contribution in [0.2, 0.25) is 0 Å². The molecule has 4 aliphatic carbocycles. The summed E-state index contributed by atoms with van der Waals surface area (Å²) in [6.45, 7) is 7.15. The monoisotopic (exact) mass is 418 g/mol. The molecule has 6 nitrogen and oxygen atoms in total. The maximum atomic E-state index is 12.8. The number of Topliss-reactive ketones (excluding diaryl/α,β-unsaturated/α-hetero) is 1. The topological polar surface area (TPSA) is 104 Å². The van der Waals surface area contributed by atoms with Gasteiger partial charge in [0.1, 0.15) is 6.61 Å². The van der Waals surface area contributed by atoms with Crippen LogP contribution < -0.4 is 0 Å². The van der Waals surface area contributed by atoms with Crippen LogP contribution in [0.1, 0.15) is 52.4 Å². The van der Waals surface area contributed by atoms with E-state index in [1.165, 1.54) is 0 Å². The van der Waals surface area contributed by atoms with Crippen molar-refractivity contribution in [3.8, 4) is 0 Å². The first-order valence-electron chi connectivity index (χ1n) is 11.1. The lowest BCUT2D eigenvalue weighted by Crippen LogP contribution is -2.64. The van der Waals surface area contributed by atoms with Crippen LogP contribution in [0.25, 0.3) is 0 Å². The molecule has 0 aromatic heterocycles. The summed E-state index contributed by atoms with van der Waals surface area (Å²) in [5, 5.41) is 32.7. The molecule has 0 aromatic rings. The fraction of sp³-hybridized carbons (Fsp3) is 0.750. The molecular formula is C24H34O6. The number of rotatable bonds is 5. The maximum absolute atomic E-state index is 12.8. The van der Waals surface area contributed by atoms with Gasteiger partial charge >= 0.3 is 0 Å². The molecule has 0 spiro atoms. The first kappa shape index (κ1) is 21.9. The molecule has 30 heavy (non-hydrogen) atoms. The smallest absolute Gasteiger partial charge is 0.192 e. The van der Waals surface area contributed by atoms with Gasteiger partial charge in [0, 0.05) is 11.8 Å². The molecule has 0 unspecified atom stereocenters. The molecule has 0 radical (unpaired) electrons. The van der Waals surface area contributed by atoms with Crippen molar-refractivity contribution in [2.45, 2.75) is 70.2 Å². The van der Waals surface area contributed by atoms with Crippen LogP contribution in [0.5, 0.6) is 0 Å². The lowest BCUT2D eigenvalue weighted by atomic mass is 9.45. The number of fused-ring (bicyclic) bond motifs is 5. The zero-order chi connectivity index (χ0) is 21.9. The molecule has 0 aromatic carbocycles. The van der Waals surface area contributed by atoms with Gasteiger partial charge in [0.15, 0.2) is 17.2 Å². The van der Waals surface area contributed by atoms with Crippen LogP contribution in [0.15, 0.2) is 24.3 Å². The van der Waals surface area contributed by atoms with Crippen LogP contribution in [0.3, 0.4) is 0 Å². The first-order chi connectivity index (χ1) is 14.1. The highest BCUT2D eigenvalue weighted by Gasteiger charge is 2.72. The molecule has 3 saturated carbocycles. The zero-order valence-corrected chi connectivity index (χ0v) is 18.0. The van der Waals surface area contributed by atoms with E-state index in [0.717, 1.165) is 24.8 Å². The molecule has 8 atom stereocenters. The molecule has 0 heterocycles. The molecule has 3 fully saturated rings. The van der Waals surface area contributed by atoms with Gasteiger partial charge in [-0.15, -0.1) is 6.58 Å². The van der Waals surface area contributed by atoms with Crippen molar-refractivity contribution in [1.29, 1.82) is 0 Å². The Labute approximate surface area is 178 Å². The summed E-state index contributed by atoms with van der Waals surface area (Å²) < 4.78 is 5.87. The van der Waals surface area contributed by atoms with Crippen molar-refractivity contribution in [1.82, 2.24) is 0 Å². The standard InChI is InChI=1S/C24H34O6/c1-4-9-30-20-11-17-16-6-5-14-10-15(26)7-8-22(14,2)21(16)18(27)12-23(17,3)24(20,29)19(28)13-25/h4,10,16-18,20-21,25,27,29H,1,5-9,11-13H2,2-3H3/t16-,17-,18-,20+,21+,22-,23-,24+/m0/s1. The Kier molecular flexibility index (Phi) is 5.37. The molecular weight excluding hydrogens is 384 g/mol. The summed E-state index contributed by atoms with van der Waals surface area (Å²) in [5.74, 6) is -0.396. The van der Waals surface area contributed by atoms with Gasteiger partial charge in [0.05, 0.1) is 18.8 Å². The van der Waals surface area contributed by atoms with Crippen molar-refractivity contribution in [3.63, 3.8) is 0 Å². The quantitative estimate of drug-likeness (QED) is 0.590. The molecule has 4 aliphatic rings. The van der Waals surface area contributed by atoms with Crippen LogP contribution in [-0.2, 0) is 14.3 Å². The Bertz CT molecular complexity index is 789. The molecule has 166 valence electrons. The van der Waals surface area contributed by atoms with E-state index in [1.54, 1.807) is 12.2 Å². The second-order valence-electron chi connectivity index (χ2n) is 10.3. The second-order valence-corrected chi connectivity index (χ2v) is 10.3. The number of carbonyl (C=O) groups excluding carboxylic acids is 2. The number of ether oxygens (including phenoxy) is 1. The zero-order valence-electron chi connectivity index (χ0n) is 18.0. The third-order valence-electron chi connectivity index (χ3n) is 9.08. The van der Waals surface area contributed by atoms with E-state index in [4.69, 9.17) is 4.74 Å². The van der Waals surface area contributed by atoms with Crippen molar-refractivity contribution >= 4 is 11.6 Å². The van der Waals surface area contributed by atoms with E-state index in [9.17, 15) is 24.9 Å². The third-order valence-corrected chi connectivity index (χ3v) is 9.08. The van der Waals surface area contributed by atoms with E-state index >= 15 is 0 Å². The fourth-order valence-electron chi connectivity index (χ4n) is 7.67. The van der Waals surface area contributed by atoms with Crippen LogP contribution in [-0.4, -0.2) is 57.9 Å². The molecule has 0 saturated heterocycles. The van der Waals surface area contributed by atoms with Crippen molar-refractivity contribution in [2.24, 2.45) is 28.6 Å². The molecule has 0 amide bonds. The molecule has 3 N–H and O–H groups in total. The van der Waals surface area contributed by atoms with Crippen molar-refractivity contribution < 1.29 is 29.6 Å². The maximum Gasteiger partial charge on any atom is 0.192 e.